The Hall–Kier alpha value is -2.96. The summed E-state index contributed by atoms with van der Waals surface area (Å²) in [5.74, 6) is -1.18. The highest BCUT2D eigenvalue weighted by Crippen LogP contribution is 2.47. The first-order chi connectivity index (χ1) is 14.3. The Bertz CT molecular complexity index is 1420. The Morgan fingerprint density at radius 1 is 0.867 bits per heavy atom. The van der Waals surface area contributed by atoms with Gasteiger partial charge in [0.2, 0.25) is 0 Å². The van der Waals surface area contributed by atoms with Gasteiger partial charge in [0.05, 0.1) is 27.2 Å². The normalized spacial score (nSPS) is 19.2. The quantitative estimate of drug-likeness (QED) is 0.582. The molecule has 30 heavy (non-hydrogen) atoms. The molecule has 5 rings (SSSR count). The molecule has 0 radical (unpaired) electrons. The molecule has 2 heterocycles. The number of ketones is 1. The summed E-state index contributed by atoms with van der Waals surface area (Å²) in [5, 5.41) is 0.698. The maximum Gasteiger partial charge on any atom is 0.332 e. The number of benzene rings is 2. The molecule has 0 fully saturated rings. The lowest BCUT2D eigenvalue weighted by atomic mass is 9.76. The van der Waals surface area contributed by atoms with Crippen LogP contribution in [0.5, 0.6) is 0 Å². The van der Waals surface area contributed by atoms with E-state index in [-0.39, 0.29) is 11.6 Å². The molecular formula is C22H15Cl2N3O3. The van der Waals surface area contributed by atoms with Crippen molar-refractivity contribution in [2.24, 2.45) is 25.0 Å². The first kappa shape index (κ1) is 19.0. The predicted molar refractivity (Wildman–Crippen MR) is 116 cm³/mol. The number of aliphatic imine (C=N–C) groups is 1. The van der Waals surface area contributed by atoms with Crippen LogP contribution >= 0.6 is 23.2 Å². The Balaban J connectivity index is 1.91. The van der Waals surface area contributed by atoms with E-state index in [0.29, 0.717) is 32.4 Å². The minimum Gasteiger partial charge on any atom is -0.293 e. The molecule has 2 aliphatic rings. The highest BCUT2D eigenvalue weighted by Gasteiger charge is 2.47. The molecule has 150 valence electrons. The average Bonchev–Trinajstić information content (AvgIpc) is 3.03. The zero-order valence-electron chi connectivity index (χ0n) is 16.0. The number of hydrogen-bond donors (Lipinski definition) is 0. The zero-order valence-corrected chi connectivity index (χ0v) is 17.5. The van der Waals surface area contributed by atoms with Gasteiger partial charge in [0.1, 0.15) is 5.82 Å². The molecule has 0 unspecified atom stereocenters. The van der Waals surface area contributed by atoms with Crippen LogP contribution in [-0.2, 0) is 14.1 Å². The molecule has 0 amide bonds. The predicted octanol–water partition coefficient (Wildman–Crippen LogP) is 3.47. The molecule has 2 atom stereocenters. The Morgan fingerprint density at radius 2 is 1.57 bits per heavy atom. The van der Waals surface area contributed by atoms with Crippen LogP contribution in [0.3, 0.4) is 0 Å². The van der Waals surface area contributed by atoms with Gasteiger partial charge in [-0.2, -0.15) is 0 Å². The van der Waals surface area contributed by atoms with Gasteiger partial charge in [-0.15, -0.1) is 0 Å². The summed E-state index contributed by atoms with van der Waals surface area (Å²) in [6.07, 6.45) is 0. The van der Waals surface area contributed by atoms with Crippen molar-refractivity contribution in [1.82, 2.24) is 9.13 Å². The molecule has 3 aromatic rings. The molecule has 2 aromatic carbocycles. The van der Waals surface area contributed by atoms with Crippen LogP contribution in [0.25, 0.3) is 0 Å². The third-order valence-electron chi connectivity index (χ3n) is 5.89. The molecule has 6 nitrogen and oxygen atoms in total. The van der Waals surface area contributed by atoms with E-state index in [9.17, 15) is 14.4 Å². The van der Waals surface area contributed by atoms with E-state index in [4.69, 9.17) is 23.2 Å². The van der Waals surface area contributed by atoms with Gasteiger partial charge in [-0.25, -0.2) is 9.79 Å². The van der Waals surface area contributed by atoms with E-state index < -0.39 is 23.1 Å². The standard InChI is InChI=1S/C22H15Cl2N3O3/c1-26-20-17(21(29)27(2)22(26)30)15(10-7-8-13(23)14(24)9-10)16-18(25-20)11-5-3-4-6-12(11)19(16)28/h3-9,15-16H,1-2H3/t15-,16+/m1/s1. The molecule has 0 spiro atoms. The summed E-state index contributed by atoms with van der Waals surface area (Å²) < 4.78 is 2.38. The summed E-state index contributed by atoms with van der Waals surface area (Å²) in [6.45, 7) is 0. The smallest absolute Gasteiger partial charge is 0.293 e. The van der Waals surface area contributed by atoms with E-state index in [1.54, 1.807) is 37.4 Å². The second-order valence-corrected chi connectivity index (χ2v) is 8.29. The number of carbonyl (C=O) groups is 1. The molecule has 0 N–H and O–H groups in total. The van der Waals surface area contributed by atoms with Crippen LogP contribution in [0.2, 0.25) is 10.0 Å². The Kier molecular flexibility index (Phi) is 4.14. The van der Waals surface area contributed by atoms with Crippen molar-refractivity contribution in [2.75, 3.05) is 0 Å². The summed E-state index contributed by atoms with van der Waals surface area (Å²) in [4.78, 5) is 43.8. The monoisotopic (exact) mass is 439 g/mol. The van der Waals surface area contributed by atoms with Gasteiger partial charge >= 0.3 is 5.69 Å². The summed E-state index contributed by atoms with van der Waals surface area (Å²) in [5.41, 5.74) is 1.84. The van der Waals surface area contributed by atoms with E-state index in [1.807, 2.05) is 12.1 Å². The number of Topliss-reactive ketones (excluding diaryl/α,β-unsaturated/α-hetero) is 1. The lowest BCUT2D eigenvalue weighted by molar-refractivity contribution is 0.0953. The van der Waals surface area contributed by atoms with Crippen LogP contribution in [0, 0.1) is 5.92 Å². The fraction of sp³-hybridized carbons (Fsp3) is 0.182. The number of rotatable bonds is 1. The van der Waals surface area contributed by atoms with Gasteiger partial charge in [-0.05, 0) is 17.7 Å². The van der Waals surface area contributed by atoms with Crippen molar-refractivity contribution in [3.63, 3.8) is 0 Å². The van der Waals surface area contributed by atoms with Gasteiger partial charge < -0.3 is 0 Å². The first-order valence-electron chi connectivity index (χ1n) is 9.28. The van der Waals surface area contributed by atoms with Gasteiger partial charge in [-0.1, -0.05) is 53.5 Å². The summed E-state index contributed by atoms with van der Waals surface area (Å²) in [7, 11) is 2.99. The number of fused-ring (bicyclic) bond motifs is 4. The molecule has 1 aliphatic carbocycles. The Labute approximate surface area is 181 Å². The van der Waals surface area contributed by atoms with Crippen molar-refractivity contribution in [3.05, 3.63) is 95.6 Å². The van der Waals surface area contributed by atoms with E-state index in [1.165, 1.54) is 11.6 Å². The van der Waals surface area contributed by atoms with Gasteiger partial charge in [-0.3, -0.25) is 18.7 Å². The fourth-order valence-corrected chi connectivity index (χ4v) is 4.74. The topological polar surface area (TPSA) is 73.4 Å². The number of nitrogens with zero attached hydrogens (tertiary/aromatic N) is 3. The highest BCUT2D eigenvalue weighted by molar-refractivity contribution is 6.42. The zero-order chi connectivity index (χ0) is 21.3. The largest absolute Gasteiger partial charge is 0.332 e. The third-order valence-corrected chi connectivity index (χ3v) is 6.63. The SMILES string of the molecule is Cn1c2c(c(=O)n(C)c1=O)[C@H](c1ccc(Cl)c(Cl)c1)[C@@H]1C(=O)c3ccccc3C1=N2. The van der Waals surface area contributed by atoms with Crippen molar-refractivity contribution in [1.29, 1.82) is 0 Å². The minimum atomic E-state index is -0.683. The van der Waals surface area contributed by atoms with Crippen molar-refractivity contribution < 1.29 is 4.79 Å². The van der Waals surface area contributed by atoms with Gasteiger partial charge in [0.15, 0.2) is 5.78 Å². The summed E-state index contributed by atoms with van der Waals surface area (Å²) in [6, 6.07) is 12.3. The van der Waals surface area contributed by atoms with Crippen LogP contribution < -0.4 is 11.2 Å². The molecule has 0 bridgehead atoms. The Morgan fingerprint density at radius 3 is 2.27 bits per heavy atom. The third kappa shape index (κ3) is 2.44. The van der Waals surface area contributed by atoms with E-state index in [2.05, 4.69) is 4.99 Å². The van der Waals surface area contributed by atoms with Gasteiger partial charge in [0, 0.05) is 31.1 Å². The average molecular weight is 440 g/mol. The minimum absolute atomic E-state index is 0.109. The second kappa shape index (κ2) is 6.52. The molecular weight excluding hydrogens is 425 g/mol. The van der Waals surface area contributed by atoms with Crippen molar-refractivity contribution in [2.45, 2.75) is 5.92 Å². The van der Waals surface area contributed by atoms with E-state index >= 15 is 0 Å². The number of hydrogen-bond acceptors (Lipinski definition) is 4. The number of carbonyl (C=O) groups excluding carboxylic acids is 1. The lowest BCUT2D eigenvalue weighted by Crippen LogP contribution is -2.43. The highest BCUT2D eigenvalue weighted by atomic mass is 35.5. The van der Waals surface area contributed by atoms with Crippen LogP contribution in [0.1, 0.15) is 33.0 Å². The van der Waals surface area contributed by atoms with Crippen LogP contribution in [-0.4, -0.2) is 20.6 Å². The van der Waals surface area contributed by atoms with Crippen molar-refractivity contribution >= 4 is 40.5 Å². The maximum absolute atomic E-state index is 13.4. The van der Waals surface area contributed by atoms with Crippen molar-refractivity contribution in [3.8, 4) is 0 Å². The number of aromatic nitrogens is 2. The first-order valence-corrected chi connectivity index (χ1v) is 10.0. The second-order valence-electron chi connectivity index (χ2n) is 7.48. The van der Waals surface area contributed by atoms with E-state index in [0.717, 1.165) is 10.1 Å². The van der Waals surface area contributed by atoms with Crippen LogP contribution in [0.15, 0.2) is 57.0 Å². The lowest BCUT2D eigenvalue weighted by Gasteiger charge is -2.30. The van der Waals surface area contributed by atoms with Gasteiger partial charge in [0.25, 0.3) is 5.56 Å². The number of halogens is 2. The molecule has 1 aromatic heterocycles. The summed E-state index contributed by atoms with van der Waals surface area (Å²) >= 11 is 12.4. The molecule has 0 saturated heterocycles. The maximum atomic E-state index is 13.4. The molecule has 8 heteroatoms. The van der Waals surface area contributed by atoms with Crippen LogP contribution in [0.4, 0.5) is 5.82 Å². The fourth-order valence-electron chi connectivity index (χ4n) is 4.43. The molecule has 0 saturated carbocycles. The molecule has 1 aliphatic heterocycles.